The van der Waals surface area contributed by atoms with Gasteiger partial charge in [0.25, 0.3) is 5.56 Å². The van der Waals surface area contributed by atoms with E-state index >= 15 is 0 Å². The Labute approximate surface area is 178 Å². The van der Waals surface area contributed by atoms with Gasteiger partial charge in [0.05, 0.1) is 22.3 Å². The van der Waals surface area contributed by atoms with E-state index in [1.54, 1.807) is 42.5 Å². The molecule has 0 saturated carbocycles. The van der Waals surface area contributed by atoms with E-state index in [4.69, 9.17) is 0 Å². The van der Waals surface area contributed by atoms with Gasteiger partial charge in [-0.15, -0.1) is 0 Å². The van der Waals surface area contributed by atoms with Gasteiger partial charge in [0.1, 0.15) is 5.82 Å². The van der Waals surface area contributed by atoms with Gasteiger partial charge in [0.2, 0.25) is 5.91 Å². The van der Waals surface area contributed by atoms with E-state index in [0.29, 0.717) is 29.1 Å². The van der Waals surface area contributed by atoms with E-state index in [9.17, 15) is 14.0 Å². The summed E-state index contributed by atoms with van der Waals surface area (Å²) in [5.41, 5.74) is 0.311. The molecule has 1 aliphatic heterocycles. The number of hydrogen-bond acceptors (Lipinski definition) is 5. The van der Waals surface area contributed by atoms with Gasteiger partial charge < -0.3 is 9.80 Å². The maximum Gasteiger partial charge on any atom is 0.266 e. The molecule has 3 aromatic rings. The summed E-state index contributed by atoms with van der Waals surface area (Å²) in [4.78, 5) is 34.6. The summed E-state index contributed by atoms with van der Waals surface area (Å²) in [6, 6.07) is 13.1. The Bertz CT molecular complexity index is 1130. The molecule has 6 nitrogen and oxygen atoms in total. The maximum atomic E-state index is 14.5. The number of nitrogens with zero attached hydrogens (tertiary/aromatic N) is 4. The van der Waals surface area contributed by atoms with Crippen molar-refractivity contribution in [1.82, 2.24) is 19.4 Å². The number of para-hydroxylation sites is 2. The zero-order valence-electron chi connectivity index (χ0n) is 16.8. The summed E-state index contributed by atoms with van der Waals surface area (Å²) < 4.78 is 15.8. The minimum Gasteiger partial charge on any atom is -0.339 e. The van der Waals surface area contributed by atoms with Gasteiger partial charge in [-0.25, -0.2) is 9.37 Å². The highest BCUT2D eigenvalue weighted by Gasteiger charge is 2.22. The highest BCUT2D eigenvalue weighted by Crippen LogP contribution is 2.23. The average molecular weight is 427 g/mol. The fraction of sp³-hybridized carbons (Fsp3) is 0.318. The summed E-state index contributed by atoms with van der Waals surface area (Å²) in [7, 11) is 0. The first-order valence-corrected chi connectivity index (χ1v) is 11.0. The second-order valence-electron chi connectivity index (χ2n) is 7.11. The molecule has 0 unspecified atom stereocenters. The second-order valence-corrected chi connectivity index (χ2v) is 8.05. The van der Waals surface area contributed by atoms with Crippen molar-refractivity contribution in [2.75, 3.05) is 38.5 Å². The van der Waals surface area contributed by atoms with Crippen LogP contribution in [0.4, 0.5) is 4.39 Å². The number of piperazine rings is 1. The van der Waals surface area contributed by atoms with Gasteiger partial charge in [-0.2, -0.15) is 0 Å². The van der Waals surface area contributed by atoms with Gasteiger partial charge in [0, 0.05) is 26.2 Å². The first-order valence-electron chi connectivity index (χ1n) is 9.98. The lowest BCUT2D eigenvalue weighted by molar-refractivity contribution is -0.130. The van der Waals surface area contributed by atoms with E-state index in [-0.39, 0.29) is 22.9 Å². The van der Waals surface area contributed by atoms with Crippen LogP contribution in [0.15, 0.2) is 58.5 Å². The molecule has 156 valence electrons. The Hall–Kier alpha value is -2.71. The smallest absolute Gasteiger partial charge is 0.266 e. The van der Waals surface area contributed by atoms with Crippen molar-refractivity contribution >= 4 is 28.6 Å². The lowest BCUT2D eigenvalue weighted by Gasteiger charge is -2.34. The third kappa shape index (κ3) is 4.11. The largest absolute Gasteiger partial charge is 0.339 e. The fourth-order valence-corrected chi connectivity index (χ4v) is 4.49. The molecule has 0 atom stereocenters. The van der Waals surface area contributed by atoms with E-state index in [2.05, 4.69) is 16.8 Å². The molecule has 0 N–H and O–H groups in total. The molecule has 1 saturated heterocycles. The van der Waals surface area contributed by atoms with Crippen molar-refractivity contribution in [2.24, 2.45) is 0 Å². The van der Waals surface area contributed by atoms with Crippen LogP contribution >= 0.6 is 11.8 Å². The van der Waals surface area contributed by atoms with Gasteiger partial charge in [-0.3, -0.25) is 14.2 Å². The number of carbonyl (C=O) groups is 1. The number of amides is 1. The predicted octanol–water partition coefficient (Wildman–Crippen LogP) is 2.78. The van der Waals surface area contributed by atoms with Crippen molar-refractivity contribution in [3.8, 4) is 5.69 Å². The maximum absolute atomic E-state index is 14.5. The highest BCUT2D eigenvalue weighted by atomic mass is 32.2. The molecule has 0 bridgehead atoms. The van der Waals surface area contributed by atoms with Crippen molar-refractivity contribution in [3.63, 3.8) is 0 Å². The summed E-state index contributed by atoms with van der Waals surface area (Å²) >= 11 is 1.17. The van der Waals surface area contributed by atoms with Crippen LogP contribution in [-0.2, 0) is 4.79 Å². The van der Waals surface area contributed by atoms with E-state index in [1.807, 2.05) is 4.90 Å². The van der Waals surface area contributed by atoms with Gasteiger partial charge in [-0.05, 0) is 30.8 Å². The van der Waals surface area contributed by atoms with Crippen LogP contribution in [0.5, 0.6) is 0 Å². The standard InChI is InChI=1S/C22H23FN4O2S/c1-2-25-11-13-26(14-12-25)20(28)15-30-22-24-18-9-5-3-7-16(18)21(29)27(22)19-10-6-4-8-17(19)23/h3-10H,2,11-15H2,1H3. The molecule has 4 rings (SSSR count). The number of thioether (sulfide) groups is 1. The van der Waals surface area contributed by atoms with Crippen molar-refractivity contribution in [1.29, 1.82) is 0 Å². The van der Waals surface area contributed by atoms with E-state index < -0.39 is 5.82 Å². The monoisotopic (exact) mass is 426 g/mol. The Morgan fingerprint density at radius 3 is 2.50 bits per heavy atom. The molecule has 0 spiro atoms. The molecule has 1 aliphatic rings. The van der Waals surface area contributed by atoms with Crippen LogP contribution < -0.4 is 5.56 Å². The number of benzene rings is 2. The molecule has 1 aromatic heterocycles. The summed E-state index contributed by atoms with van der Waals surface area (Å²) in [6.45, 7) is 6.20. The number of likely N-dealkylation sites (N-methyl/N-ethyl adjacent to an activating group) is 1. The highest BCUT2D eigenvalue weighted by molar-refractivity contribution is 7.99. The summed E-state index contributed by atoms with van der Waals surface area (Å²) in [6.07, 6.45) is 0. The lowest BCUT2D eigenvalue weighted by Crippen LogP contribution is -2.49. The molecular formula is C22H23FN4O2S. The number of aromatic nitrogens is 2. The minimum atomic E-state index is -0.513. The van der Waals surface area contributed by atoms with Crippen LogP contribution in [0.1, 0.15) is 6.92 Å². The van der Waals surface area contributed by atoms with Crippen LogP contribution in [0.2, 0.25) is 0 Å². The average Bonchev–Trinajstić information content (AvgIpc) is 2.78. The minimum absolute atomic E-state index is 0.00163. The predicted molar refractivity (Wildman–Crippen MR) is 117 cm³/mol. The third-order valence-corrected chi connectivity index (χ3v) is 6.26. The quantitative estimate of drug-likeness (QED) is 0.464. The molecule has 2 heterocycles. The van der Waals surface area contributed by atoms with Crippen LogP contribution in [-0.4, -0.2) is 63.7 Å². The molecule has 0 radical (unpaired) electrons. The Kier molecular flexibility index (Phi) is 6.15. The van der Waals surface area contributed by atoms with Gasteiger partial charge in [0.15, 0.2) is 5.16 Å². The fourth-order valence-electron chi connectivity index (χ4n) is 3.59. The first kappa shape index (κ1) is 20.6. The number of carbonyl (C=O) groups excluding carboxylic acids is 1. The van der Waals surface area contributed by atoms with Crippen molar-refractivity contribution in [2.45, 2.75) is 12.1 Å². The zero-order valence-corrected chi connectivity index (χ0v) is 17.6. The number of fused-ring (bicyclic) bond motifs is 1. The normalized spacial score (nSPS) is 14.9. The number of hydrogen-bond donors (Lipinski definition) is 0. The lowest BCUT2D eigenvalue weighted by atomic mass is 10.2. The topological polar surface area (TPSA) is 58.4 Å². The van der Waals surface area contributed by atoms with Gasteiger partial charge in [-0.1, -0.05) is 43.0 Å². The Morgan fingerprint density at radius 2 is 1.77 bits per heavy atom. The molecule has 0 aliphatic carbocycles. The van der Waals surface area contributed by atoms with E-state index in [1.165, 1.54) is 22.4 Å². The second kappa shape index (κ2) is 8.97. The molecule has 2 aromatic carbocycles. The summed E-state index contributed by atoms with van der Waals surface area (Å²) in [5, 5.41) is 0.719. The Balaban J connectivity index is 1.65. The number of rotatable bonds is 5. The first-order chi connectivity index (χ1) is 14.6. The molecule has 1 fully saturated rings. The van der Waals surface area contributed by atoms with Gasteiger partial charge >= 0.3 is 0 Å². The van der Waals surface area contributed by atoms with Crippen molar-refractivity contribution < 1.29 is 9.18 Å². The van der Waals surface area contributed by atoms with Crippen molar-refractivity contribution in [3.05, 3.63) is 64.7 Å². The SMILES string of the molecule is CCN1CCN(C(=O)CSc2nc3ccccc3c(=O)n2-c2ccccc2F)CC1. The van der Waals surface area contributed by atoms with E-state index in [0.717, 1.165) is 19.6 Å². The molecular weight excluding hydrogens is 403 g/mol. The molecule has 8 heteroatoms. The molecule has 1 amide bonds. The number of halogens is 1. The third-order valence-electron chi connectivity index (χ3n) is 5.34. The van der Waals surface area contributed by atoms with Crippen LogP contribution in [0, 0.1) is 5.82 Å². The Morgan fingerprint density at radius 1 is 1.07 bits per heavy atom. The zero-order chi connectivity index (χ0) is 21.1. The van der Waals surface area contributed by atoms with Crippen LogP contribution in [0.3, 0.4) is 0 Å². The van der Waals surface area contributed by atoms with Crippen LogP contribution in [0.25, 0.3) is 16.6 Å². The molecule has 30 heavy (non-hydrogen) atoms. The summed E-state index contributed by atoms with van der Waals surface area (Å²) in [5.74, 6) is -0.371.